The zero-order valence-electron chi connectivity index (χ0n) is 14.2. The molecule has 0 saturated heterocycles. The average Bonchev–Trinajstić information content (AvgIpc) is 2.53. The first-order valence-electron chi connectivity index (χ1n) is 7.93. The van der Waals surface area contributed by atoms with E-state index in [-0.39, 0.29) is 41.2 Å². The molecule has 0 bridgehead atoms. The molecule has 24 heavy (non-hydrogen) atoms. The lowest BCUT2D eigenvalue weighted by molar-refractivity contribution is 0.566. The molecule has 0 aliphatic rings. The van der Waals surface area contributed by atoms with Crippen molar-refractivity contribution in [2.24, 2.45) is 4.99 Å². The van der Waals surface area contributed by atoms with Crippen LogP contribution < -0.4 is 10.6 Å². The lowest BCUT2D eigenvalue weighted by atomic mass is 10.2. The summed E-state index contributed by atoms with van der Waals surface area (Å²) in [5, 5.41) is 6.08. The monoisotopic (exact) mass is 471 g/mol. The second-order valence-corrected chi connectivity index (χ2v) is 7.31. The summed E-state index contributed by atoms with van der Waals surface area (Å²) in [6.07, 6.45) is 4.58. The van der Waals surface area contributed by atoms with E-state index < -0.39 is 15.7 Å². The molecule has 0 radical (unpaired) electrons. The Hall–Kier alpha value is -0.900. The van der Waals surface area contributed by atoms with Gasteiger partial charge in [0, 0.05) is 20.1 Å². The number of guanidine groups is 1. The molecule has 138 valence electrons. The fourth-order valence-electron chi connectivity index (χ4n) is 2.09. The van der Waals surface area contributed by atoms with Gasteiger partial charge in [-0.3, -0.25) is 4.99 Å². The third-order valence-electron chi connectivity index (χ3n) is 3.38. The highest BCUT2D eigenvalue weighted by atomic mass is 127. The standard InChI is InChI=1S/C16H26FN3O2S.HI/c1-3-4-5-8-11-19-16(18-2)20-12-13-23(21,22)15-10-7-6-9-14(15)17;/h6-7,9-10H,3-5,8,11-13H2,1-2H3,(H2,18,19,20);1H. The SMILES string of the molecule is CCCCCCNC(=NC)NCCS(=O)(=O)c1ccccc1F.I. The van der Waals surface area contributed by atoms with Crippen LogP contribution in [0.5, 0.6) is 0 Å². The van der Waals surface area contributed by atoms with Crippen molar-refractivity contribution < 1.29 is 12.8 Å². The van der Waals surface area contributed by atoms with Gasteiger partial charge in [-0.1, -0.05) is 38.3 Å². The van der Waals surface area contributed by atoms with E-state index in [0.717, 1.165) is 25.5 Å². The van der Waals surface area contributed by atoms with Gasteiger partial charge in [-0.2, -0.15) is 0 Å². The molecule has 0 atom stereocenters. The number of nitrogens with one attached hydrogen (secondary N) is 2. The molecule has 0 fully saturated rings. The zero-order valence-corrected chi connectivity index (χ0v) is 17.4. The molecular weight excluding hydrogens is 444 g/mol. The molecule has 5 nitrogen and oxygen atoms in total. The van der Waals surface area contributed by atoms with E-state index in [4.69, 9.17) is 0 Å². The first-order valence-corrected chi connectivity index (χ1v) is 9.58. The van der Waals surface area contributed by atoms with Gasteiger partial charge in [0.2, 0.25) is 0 Å². The van der Waals surface area contributed by atoms with Crippen LogP contribution in [-0.4, -0.2) is 40.3 Å². The molecule has 0 saturated carbocycles. The minimum absolute atomic E-state index is 0. The predicted octanol–water partition coefficient (Wildman–Crippen LogP) is 2.96. The van der Waals surface area contributed by atoms with Crippen molar-refractivity contribution in [1.82, 2.24) is 10.6 Å². The fraction of sp³-hybridized carbons (Fsp3) is 0.562. The molecule has 0 heterocycles. The van der Waals surface area contributed by atoms with Crippen molar-refractivity contribution in [1.29, 1.82) is 0 Å². The molecule has 1 aromatic rings. The summed E-state index contributed by atoms with van der Waals surface area (Å²) < 4.78 is 37.8. The minimum Gasteiger partial charge on any atom is -0.356 e. The highest BCUT2D eigenvalue weighted by Gasteiger charge is 2.18. The fourth-order valence-corrected chi connectivity index (χ4v) is 3.33. The van der Waals surface area contributed by atoms with Crippen molar-refractivity contribution >= 4 is 39.8 Å². The number of hydrogen-bond acceptors (Lipinski definition) is 3. The molecule has 1 aromatic carbocycles. The van der Waals surface area contributed by atoms with Crippen LogP contribution in [0, 0.1) is 5.82 Å². The number of rotatable bonds is 9. The lowest BCUT2D eigenvalue weighted by Crippen LogP contribution is -2.40. The first kappa shape index (κ1) is 23.1. The van der Waals surface area contributed by atoms with Gasteiger partial charge in [0.1, 0.15) is 10.7 Å². The first-order chi connectivity index (χ1) is 11.0. The van der Waals surface area contributed by atoms with Gasteiger partial charge in [-0.25, -0.2) is 12.8 Å². The normalized spacial score (nSPS) is 11.7. The zero-order chi connectivity index (χ0) is 17.1. The maximum absolute atomic E-state index is 13.6. The summed E-state index contributed by atoms with van der Waals surface area (Å²) in [6, 6.07) is 5.42. The van der Waals surface area contributed by atoms with Crippen LogP contribution in [0.1, 0.15) is 32.6 Å². The summed E-state index contributed by atoms with van der Waals surface area (Å²) in [7, 11) is -2.02. The molecule has 0 spiro atoms. The second kappa shape index (κ2) is 12.5. The quantitative estimate of drug-likeness (QED) is 0.252. The number of hydrogen-bond donors (Lipinski definition) is 2. The van der Waals surface area contributed by atoms with Gasteiger partial charge in [-0.05, 0) is 18.6 Å². The van der Waals surface area contributed by atoms with E-state index in [1.807, 2.05) is 0 Å². The van der Waals surface area contributed by atoms with Crippen LogP contribution in [0.2, 0.25) is 0 Å². The minimum atomic E-state index is -3.65. The maximum Gasteiger partial charge on any atom is 0.191 e. The maximum atomic E-state index is 13.6. The van der Waals surface area contributed by atoms with Gasteiger partial charge in [-0.15, -0.1) is 24.0 Å². The van der Waals surface area contributed by atoms with E-state index >= 15 is 0 Å². The van der Waals surface area contributed by atoms with E-state index in [0.29, 0.717) is 5.96 Å². The molecule has 0 amide bonds. The van der Waals surface area contributed by atoms with Gasteiger partial charge in [0.05, 0.1) is 5.75 Å². The van der Waals surface area contributed by atoms with Gasteiger partial charge in [0.15, 0.2) is 15.8 Å². The molecule has 0 aromatic heterocycles. The average molecular weight is 471 g/mol. The molecule has 2 N–H and O–H groups in total. The van der Waals surface area contributed by atoms with Crippen LogP contribution in [0.25, 0.3) is 0 Å². The number of aliphatic imine (C=N–C) groups is 1. The largest absolute Gasteiger partial charge is 0.356 e. The predicted molar refractivity (Wildman–Crippen MR) is 107 cm³/mol. The van der Waals surface area contributed by atoms with Crippen LogP contribution in [-0.2, 0) is 9.84 Å². The van der Waals surface area contributed by atoms with Gasteiger partial charge >= 0.3 is 0 Å². The van der Waals surface area contributed by atoms with Crippen LogP contribution >= 0.6 is 24.0 Å². The Morgan fingerprint density at radius 3 is 2.42 bits per heavy atom. The van der Waals surface area contributed by atoms with Crippen molar-refractivity contribution in [3.8, 4) is 0 Å². The Morgan fingerprint density at radius 1 is 1.12 bits per heavy atom. The summed E-state index contributed by atoms with van der Waals surface area (Å²) in [5.41, 5.74) is 0. The van der Waals surface area contributed by atoms with Crippen molar-refractivity contribution in [3.63, 3.8) is 0 Å². The van der Waals surface area contributed by atoms with E-state index in [1.165, 1.54) is 31.0 Å². The smallest absolute Gasteiger partial charge is 0.191 e. The number of sulfone groups is 1. The van der Waals surface area contributed by atoms with Crippen LogP contribution in [0.15, 0.2) is 34.2 Å². The molecule has 1 rings (SSSR count). The second-order valence-electron chi connectivity index (χ2n) is 5.24. The number of unbranched alkanes of at least 4 members (excludes halogenated alkanes) is 3. The van der Waals surface area contributed by atoms with Crippen molar-refractivity contribution in [2.45, 2.75) is 37.5 Å². The summed E-state index contributed by atoms with van der Waals surface area (Å²) in [6.45, 7) is 3.12. The van der Waals surface area contributed by atoms with E-state index in [1.54, 1.807) is 7.05 Å². The Balaban J connectivity index is 0.00000529. The number of nitrogens with zero attached hydrogens (tertiary/aromatic N) is 1. The third-order valence-corrected chi connectivity index (χ3v) is 5.12. The topological polar surface area (TPSA) is 70.6 Å². The number of halogens is 2. The van der Waals surface area contributed by atoms with Crippen molar-refractivity contribution in [2.75, 3.05) is 25.9 Å². The molecular formula is C16H27FIN3O2S. The summed E-state index contributed by atoms with van der Waals surface area (Å²) in [4.78, 5) is 3.78. The molecule has 8 heteroatoms. The Morgan fingerprint density at radius 2 is 1.79 bits per heavy atom. The van der Waals surface area contributed by atoms with E-state index in [9.17, 15) is 12.8 Å². The number of benzene rings is 1. The lowest BCUT2D eigenvalue weighted by Gasteiger charge is -2.12. The Kier molecular flexibility index (Phi) is 12.0. The molecule has 0 aliphatic heterocycles. The van der Waals surface area contributed by atoms with Gasteiger partial charge in [0.25, 0.3) is 0 Å². The van der Waals surface area contributed by atoms with Crippen LogP contribution in [0.3, 0.4) is 0 Å². The van der Waals surface area contributed by atoms with Gasteiger partial charge < -0.3 is 10.6 Å². The highest BCUT2D eigenvalue weighted by Crippen LogP contribution is 2.14. The Labute approximate surface area is 161 Å². The Bertz CT molecular complexity index is 609. The highest BCUT2D eigenvalue weighted by molar-refractivity contribution is 14.0. The molecule has 0 aliphatic carbocycles. The summed E-state index contributed by atoms with van der Waals surface area (Å²) >= 11 is 0. The molecule has 0 unspecified atom stereocenters. The summed E-state index contributed by atoms with van der Waals surface area (Å²) in [5.74, 6) is -0.346. The van der Waals surface area contributed by atoms with Crippen LogP contribution in [0.4, 0.5) is 4.39 Å². The van der Waals surface area contributed by atoms with Crippen molar-refractivity contribution in [3.05, 3.63) is 30.1 Å². The third kappa shape index (κ3) is 8.27. The van der Waals surface area contributed by atoms with E-state index in [2.05, 4.69) is 22.5 Å².